The fraction of sp³-hybridized carbons (Fsp3) is 0.217. The predicted molar refractivity (Wildman–Crippen MR) is 117 cm³/mol. The number of hydrazone groups is 1. The van der Waals surface area contributed by atoms with E-state index in [0.717, 1.165) is 22.0 Å². The summed E-state index contributed by atoms with van der Waals surface area (Å²) in [7, 11) is 3.18. The smallest absolute Gasteiger partial charge is 0.262 e. The molecule has 150 valence electrons. The molecule has 0 unspecified atom stereocenters. The highest BCUT2D eigenvalue weighted by molar-refractivity contribution is 6.02. The molecule has 0 aliphatic carbocycles. The van der Waals surface area contributed by atoms with E-state index in [-0.39, 0.29) is 5.91 Å². The number of nitrogens with zero attached hydrogens (tertiary/aromatic N) is 1. The number of fused-ring (bicyclic) bond motifs is 1. The Morgan fingerprint density at radius 2 is 1.72 bits per heavy atom. The van der Waals surface area contributed by atoms with Gasteiger partial charge < -0.3 is 14.8 Å². The first kappa shape index (κ1) is 20.2. The van der Waals surface area contributed by atoms with Gasteiger partial charge in [0.15, 0.2) is 0 Å². The van der Waals surface area contributed by atoms with Gasteiger partial charge in [0.05, 0.1) is 19.9 Å². The quantitative estimate of drug-likeness (QED) is 0.468. The average molecular weight is 391 g/mol. The Kier molecular flexibility index (Phi) is 6.34. The second-order valence-corrected chi connectivity index (χ2v) is 6.67. The lowest BCUT2D eigenvalue weighted by Crippen LogP contribution is -2.35. The molecule has 0 fully saturated rings. The van der Waals surface area contributed by atoms with Crippen molar-refractivity contribution >= 4 is 28.1 Å². The molecule has 1 atom stereocenters. The minimum absolute atomic E-state index is 0.231. The molecule has 0 aliphatic rings. The Hall–Kier alpha value is -3.54. The molecule has 0 aromatic heterocycles. The van der Waals surface area contributed by atoms with Gasteiger partial charge in [-0.25, -0.2) is 5.43 Å². The number of amides is 1. The van der Waals surface area contributed by atoms with Crippen molar-refractivity contribution in [2.24, 2.45) is 5.10 Å². The molecule has 0 aliphatic heterocycles. The molecule has 6 nitrogen and oxygen atoms in total. The molecular weight excluding hydrogens is 366 g/mol. The van der Waals surface area contributed by atoms with E-state index in [1.165, 1.54) is 0 Å². The first-order chi connectivity index (χ1) is 14.0. The normalized spacial score (nSPS) is 12.3. The lowest BCUT2D eigenvalue weighted by atomic mass is 10.1. The third-order valence-electron chi connectivity index (χ3n) is 4.66. The summed E-state index contributed by atoms with van der Waals surface area (Å²) in [5, 5.41) is 9.71. The third-order valence-corrected chi connectivity index (χ3v) is 4.66. The standard InChI is InChI=1S/C23H25N3O3/c1-15(21-12-11-20(28-3)14-22(21)29-4)25-26-23(27)16(2)24-19-10-9-17-7-5-6-8-18(17)13-19/h5-14,16,24H,1-4H3,(H,26,27)/b25-15-/t16-/m0/s1. The Bertz CT molecular complexity index is 1050. The monoisotopic (exact) mass is 391 g/mol. The zero-order valence-electron chi connectivity index (χ0n) is 17.0. The molecule has 3 rings (SSSR count). The minimum atomic E-state index is -0.453. The maximum Gasteiger partial charge on any atom is 0.262 e. The maximum absolute atomic E-state index is 12.5. The highest BCUT2D eigenvalue weighted by Gasteiger charge is 2.13. The lowest BCUT2D eigenvalue weighted by Gasteiger charge is -2.15. The minimum Gasteiger partial charge on any atom is -0.497 e. The van der Waals surface area contributed by atoms with Crippen molar-refractivity contribution in [2.45, 2.75) is 19.9 Å². The second-order valence-electron chi connectivity index (χ2n) is 6.67. The third kappa shape index (κ3) is 4.85. The zero-order valence-corrected chi connectivity index (χ0v) is 17.0. The number of benzene rings is 3. The summed E-state index contributed by atoms with van der Waals surface area (Å²) < 4.78 is 10.6. The van der Waals surface area contributed by atoms with Crippen molar-refractivity contribution < 1.29 is 14.3 Å². The van der Waals surface area contributed by atoms with Crippen LogP contribution in [0.2, 0.25) is 0 Å². The SMILES string of the molecule is COc1ccc(/C(C)=N\NC(=O)[C@H](C)Nc2ccc3ccccc3c2)c(OC)c1. The Morgan fingerprint density at radius 1 is 0.966 bits per heavy atom. The van der Waals surface area contributed by atoms with E-state index in [0.29, 0.717) is 17.2 Å². The van der Waals surface area contributed by atoms with Gasteiger partial charge in [-0.15, -0.1) is 0 Å². The van der Waals surface area contributed by atoms with Crippen LogP contribution in [-0.4, -0.2) is 31.9 Å². The number of anilines is 1. The largest absolute Gasteiger partial charge is 0.497 e. The van der Waals surface area contributed by atoms with Crippen LogP contribution in [0.5, 0.6) is 11.5 Å². The van der Waals surface area contributed by atoms with Crippen LogP contribution in [0, 0.1) is 0 Å². The van der Waals surface area contributed by atoms with Gasteiger partial charge in [-0.3, -0.25) is 4.79 Å². The molecule has 0 saturated carbocycles. The van der Waals surface area contributed by atoms with Crippen LogP contribution in [0.1, 0.15) is 19.4 Å². The van der Waals surface area contributed by atoms with Crippen molar-refractivity contribution in [3.63, 3.8) is 0 Å². The molecule has 6 heteroatoms. The van der Waals surface area contributed by atoms with Crippen molar-refractivity contribution in [1.29, 1.82) is 0 Å². The van der Waals surface area contributed by atoms with Gasteiger partial charge >= 0.3 is 0 Å². The number of carbonyl (C=O) groups excluding carboxylic acids is 1. The maximum atomic E-state index is 12.5. The van der Waals surface area contributed by atoms with Crippen molar-refractivity contribution in [3.8, 4) is 11.5 Å². The highest BCUT2D eigenvalue weighted by atomic mass is 16.5. The molecule has 0 saturated heterocycles. The molecule has 0 radical (unpaired) electrons. The lowest BCUT2D eigenvalue weighted by molar-refractivity contribution is -0.121. The Morgan fingerprint density at radius 3 is 2.45 bits per heavy atom. The van der Waals surface area contributed by atoms with E-state index in [4.69, 9.17) is 9.47 Å². The summed E-state index contributed by atoms with van der Waals surface area (Å²) in [6.45, 7) is 3.61. The number of hydrogen-bond acceptors (Lipinski definition) is 5. The number of ether oxygens (including phenoxy) is 2. The summed E-state index contributed by atoms with van der Waals surface area (Å²) in [6.07, 6.45) is 0. The number of rotatable bonds is 7. The van der Waals surface area contributed by atoms with Gasteiger partial charge in [-0.2, -0.15) is 5.10 Å². The van der Waals surface area contributed by atoms with Crippen LogP contribution in [0.3, 0.4) is 0 Å². The van der Waals surface area contributed by atoms with Gasteiger partial charge in [0.25, 0.3) is 5.91 Å². The Labute approximate surface area is 170 Å². The van der Waals surface area contributed by atoms with Gasteiger partial charge in [0.2, 0.25) is 0 Å². The Balaban J connectivity index is 1.67. The molecule has 0 spiro atoms. The fourth-order valence-electron chi connectivity index (χ4n) is 2.99. The van der Waals surface area contributed by atoms with Crippen molar-refractivity contribution in [1.82, 2.24) is 5.43 Å². The molecule has 2 N–H and O–H groups in total. The van der Waals surface area contributed by atoms with Crippen LogP contribution in [-0.2, 0) is 4.79 Å². The molecule has 0 heterocycles. The van der Waals surface area contributed by atoms with Crippen LogP contribution >= 0.6 is 0 Å². The van der Waals surface area contributed by atoms with E-state index >= 15 is 0 Å². The van der Waals surface area contributed by atoms with E-state index in [2.05, 4.69) is 21.9 Å². The van der Waals surface area contributed by atoms with Gasteiger partial charge in [-0.05, 0) is 48.9 Å². The summed E-state index contributed by atoms with van der Waals surface area (Å²) in [5.74, 6) is 1.09. The number of nitrogens with one attached hydrogen (secondary N) is 2. The van der Waals surface area contributed by atoms with Crippen LogP contribution in [0.25, 0.3) is 10.8 Å². The van der Waals surface area contributed by atoms with Crippen LogP contribution < -0.4 is 20.2 Å². The van der Waals surface area contributed by atoms with Crippen LogP contribution in [0.15, 0.2) is 65.8 Å². The van der Waals surface area contributed by atoms with E-state index in [1.807, 2.05) is 55.5 Å². The topological polar surface area (TPSA) is 72.0 Å². The summed E-state index contributed by atoms with van der Waals surface area (Å²) >= 11 is 0. The summed E-state index contributed by atoms with van der Waals surface area (Å²) in [6, 6.07) is 19.1. The first-order valence-electron chi connectivity index (χ1n) is 9.33. The zero-order chi connectivity index (χ0) is 20.8. The average Bonchev–Trinajstić information content (AvgIpc) is 2.76. The highest BCUT2D eigenvalue weighted by Crippen LogP contribution is 2.25. The van der Waals surface area contributed by atoms with E-state index in [9.17, 15) is 4.79 Å². The molecule has 29 heavy (non-hydrogen) atoms. The fourth-order valence-corrected chi connectivity index (χ4v) is 2.99. The van der Waals surface area contributed by atoms with E-state index in [1.54, 1.807) is 27.2 Å². The number of methoxy groups -OCH3 is 2. The summed E-state index contributed by atoms with van der Waals surface area (Å²) in [5.41, 5.74) is 4.91. The molecule has 3 aromatic rings. The van der Waals surface area contributed by atoms with Gasteiger partial charge in [0, 0.05) is 17.3 Å². The summed E-state index contributed by atoms with van der Waals surface area (Å²) in [4.78, 5) is 12.5. The van der Waals surface area contributed by atoms with Crippen molar-refractivity contribution in [2.75, 3.05) is 19.5 Å². The van der Waals surface area contributed by atoms with Gasteiger partial charge in [-0.1, -0.05) is 30.3 Å². The van der Waals surface area contributed by atoms with E-state index < -0.39 is 6.04 Å². The second kappa shape index (κ2) is 9.10. The number of carbonyl (C=O) groups is 1. The first-order valence-corrected chi connectivity index (χ1v) is 9.33. The molecule has 3 aromatic carbocycles. The predicted octanol–water partition coefficient (Wildman–Crippen LogP) is 4.20. The van der Waals surface area contributed by atoms with Crippen molar-refractivity contribution in [3.05, 3.63) is 66.2 Å². The number of hydrogen-bond donors (Lipinski definition) is 2. The molecular formula is C23H25N3O3. The molecule has 0 bridgehead atoms. The van der Waals surface area contributed by atoms with Crippen LogP contribution in [0.4, 0.5) is 5.69 Å². The van der Waals surface area contributed by atoms with Gasteiger partial charge in [0.1, 0.15) is 17.5 Å². The molecule has 1 amide bonds.